The average Bonchev–Trinajstić information content (AvgIpc) is 3.13. The zero-order valence-corrected chi connectivity index (χ0v) is 32.2. The molecule has 15 heteroatoms. The Morgan fingerprint density at radius 3 is 2.23 bits per heavy atom. The monoisotopic (exact) mass is 757 g/mol. The summed E-state index contributed by atoms with van der Waals surface area (Å²) in [4.78, 5) is 75.7. The van der Waals surface area contributed by atoms with Crippen molar-refractivity contribution in [3.05, 3.63) is 65.2 Å². The van der Waals surface area contributed by atoms with Crippen LogP contribution in [0.3, 0.4) is 0 Å². The first-order valence-corrected chi connectivity index (χ1v) is 19.2. The van der Waals surface area contributed by atoms with E-state index in [0.717, 1.165) is 23.1 Å². The Bertz CT molecular complexity index is 1490. The summed E-state index contributed by atoms with van der Waals surface area (Å²) in [5.41, 5.74) is 8.60. The Morgan fingerprint density at radius 1 is 0.849 bits per heavy atom. The molecular formula is C38H55N5O9S. The Labute approximate surface area is 316 Å². The molecule has 4 amide bonds. The van der Waals surface area contributed by atoms with Gasteiger partial charge in [0.2, 0.25) is 23.6 Å². The number of hydrogen-bond acceptors (Lipinski definition) is 11. The first-order chi connectivity index (χ1) is 25.3. The van der Waals surface area contributed by atoms with Crippen LogP contribution < -0.4 is 31.7 Å². The van der Waals surface area contributed by atoms with Gasteiger partial charge in [0.05, 0.1) is 26.3 Å². The van der Waals surface area contributed by atoms with Crippen molar-refractivity contribution >= 4 is 47.5 Å². The average molecular weight is 758 g/mol. The fraction of sp³-hybridized carbons (Fsp3) is 0.526. The molecule has 2 aromatic rings. The van der Waals surface area contributed by atoms with Crippen LogP contribution in [0.2, 0.25) is 0 Å². The molecule has 6 N–H and O–H groups in total. The lowest BCUT2D eigenvalue weighted by molar-refractivity contribution is -0.140. The van der Waals surface area contributed by atoms with Gasteiger partial charge in [0.25, 0.3) is 0 Å². The van der Waals surface area contributed by atoms with E-state index < -0.39 is 48.5 Å². The van der Waals surface area contributed by atoms with Crippen LogP contribution in [0.25, 0.3) is 0 Å². The maximum absolute atomic E-state index is 13.2. The third-order valence-corrected chi connectivity index (χ3v) is 8.66. The maximum Gasteiger partial charge on any atom is 0.513 e. The normalized spacial score (nSPS) is 12.5. The molecule has 0 spiro atoms. The van der Waals surface area contributed by atoms with Crippen LogP contribution >= 0.6 is 11.8 Å². The molecule has 14 nitrogen and oxygen atoms in total. The second-order valence-electron chi connectivity index (χ2n) is 13.0. The Kier molecular flexibility index (Phi) is 20.7. The Hall–Kier alpha value is -4.63. The van der Waals surface area contributed by atoms with E-state index >= 15 is 0 Å². The number of amides is 4. The molecule has 0 aliphatic heterocycles. The zero-order chi connectivity index (χ0) is 39.2. The molecule has 3 atom stereocenters. The van der Waals surface area contributed by atoms with Crippen molar-refractivity contribution in [3.8, 4) is 5.75 Å². The summed E-state index contributed by atoms with van der Waals surface area (Å²) in [7, 11) is 1.34. The number of benzene rings is 2. The molecule has 0 radical (unpaired) electrons. The summed E-state index contributed by atoms with van der Waals surface area (Å²) in [6, 6.07) is 11.3. The van der Waals surface area contributed by atoms with E-state index in [1.54, 1.807) is 25.1 Å². The van der Waals surface area contributed by atoms with Crippen LogP contribution in [-0.2, 0) is 46.3 Å². The minimum atomic E-state index is -0.991. The number of carbonyl (C=O) groups excluding carboxylic acids is 6. The number of hydrogen-bond donors (Lipinski definition) is 5. The highest BCUT2D eigenvalue weighted by Gasteiger charge is 2.26. The van der Waals surface area contributed by atoms with Gasteiger partial charge in [-0.1, -0.05) is 56.7 Å². The van der Waals surface area contributed by atoms with Crippen LogP contribution in [0.4, 0.5) is 4.79 Å². The van der Waals surface area contributed by atoms with Crippen molar-refractivity contribution < 1.29 is 43.0 Å². The minimum absolute atomic E-state index is 0.160. The molecule has 0 aliphatic rings. The zero-order valence-electron chi connectivity index (χ0n) is 31.4. The van der Waals surface area contributed by atoms with Gasteiger partial charge in [-0.2, -0.15) is 11.8 Å². The number of nitrogens with one attached hydrogen (secondary N) is 4. The molecule has 2 aromatic carbocycles. The highest BCUT2D eigenvalue weighted by molar-refractivity contribution is 7.98. The van der Waals surface area contributed by atoms with Gasteiger partial charge in [0.15, 0.2) is 0 Å². The maximum atomic E-state index is 13.2. The van der Waals surface area contributed by atoms with E-state index in [2.05, 4.69) is 26.0 Å². The van der Waals surface area contributed by atoms with Crippen LogP contribution in [-0.4, -0.2) is 92.7 Å². The van der Waals surface area contributed by atoms with Crippen LogP contribution in [0.5, 0.6) is 5.75 Å². The van der Waals surface area contributed by atoms with Gasteiger partial charge in [-0.3, -0.25) is 24.0 Å². The predicted molar refractivity (Wildman–Crippen MR) is 203 cm³/mol. The summed E-state index contributed by atoms with van der Waals surface area (Å²) >= 11 is 1.50. The van der Waals surface area contributed by atoms with E-state index in [-0.39, 0.29) is 37.2 Å². The van der Waals surface area contributed by atoms with E-state index in [1.807, 2.05) is 50.4 Å². The first-order valence-electron chi connectivity index (χ1n) is 17.8. The van der Waals surface area contributed by atoms with E-state index in [1.165, 1.54) is 18.9 Å². The standard InChI is InChI=1S/C38H55N5O9S/c1-25(2)24-51-38(49)52-29-16-15-28(26(3)20-29)22-30(39)35(46)43-31(17-19-53-5)36(47)41-23-33(44)42-32(21-27-12-8-6-9-13-27)37(48)40-18-11-7-10-14-34(45)50-4/h6,8-9,12-13,15-16,20,25,30-32H,7,10-11,14,17-19,21-24,39H2,1-5H3,(H,40,48)(H,41,47)(H,42,44)(H,43,46)/t30-,31+,32-/m0/s1. The number of esters is 1. The number of unbranched alkanes of at least 4 members (excludes halogenated alkanes) is 2. The second kappa shape index (κ2) is 24.6. The lowest BCUT2D eigenvalue weighted by atomic mass is 10.0. The summed E-state index contributed by atoms with van der Waals surface area (Å²) in [5, 5.41) is 10.9. The van der Waals surface area contributed by atoms with E-state index in [4.69, 9.17) is 15.2 Å². The van der Waals surface area contributed by atoms with Crippen molar-refractivity contribution in [3.63, 3.8) is 0 Å². The van der Waals surface area contributed by atoms with Gasteiger partial charge in [-0.05, 0) is 79.4 Å². The number of methoxy groups -OCH3 is 1. The largest absolute Gasteiger partial charge is 0.513 e. The number of nitrogens with two attached hydrogens (primary N) is 1. The lowest BCUT2D eigenvalue weighted by Gasteiger charge is -2.22. The number of rotatable bonds is 23. The van der Waals surface area contributed by atoms with Crippen molar-refractivity contribution in [1.82, 2.24) is 21.3 Å². The van der Waals surface area contributed by atoms with Crippen LogP contribution in [0, 0.1) is 12.8 Å². The molecule has 292 valence electrons. The van der Waals surface area contributed by atoms with Crippen molar-refractivity contribution in [2.75, 3.05) is 38.8 Å². The van der Waals surface area contributed by atoms with E-state index in [0.29, 0.717) is 43.7 Å². The number of thioether (sulfide) groups is 1. The van der Waals surface area contributed by atoms with Crippen LogP contribution in [0.1, 0.15) is 62.6 Å². The second-order valence-corrected chi connectivity index (χ2v) is 14.0. The highest BCUT2D eigenvalue weighted by atomic mass is 32.2. The molecule has 0 fully saturated rings. The van der Waals surface area contributed by atoms with Gasteiger partial charge in [-0.25, -0.2) is 4.79 Å². The molecular weight excluding hydrogens is 703 g/mol. The first kappa shape index (κ1) is 44.5. The van der Waals surface area contributed by atoms with Crippen LogP contribution in [0.15, 0.2) is 48.5 Å². The van der Waals surface area contributed by atoms with Crippen molar-refractivity contribution in [1.29, 1.82) is 0 Å². The fourth-order valence-electron chi connectivity index (χ4n) is 5.04. The number of ether oxygens (including phenoxy) is 3. The number of aryl methyl sites for hydroxylation is 1. The molecule has 0 aliphatic carbocycles. The fourth-order valence-corrected chi connectivity index (χ4v) is 5.51. The number of carbonyl (C=O) groups is 6. The smallest absolute Gasteiger partial charge is 0.469 e. The summed E-state index contributed by atoms with van der Waals surface area (Å²) in [6.45, 7) is 5.82. The van der Waals surface area contributed by atoms with Gasteiger partial charge >= 0.3 is 12.1 Å². The molecule has 53 heavy (non-hydrogen) atoms. The van der Waals surface area contributed by atoms with Gasteiger partial charge < -0.3 is 41.2 Å². The topological polar surface area (TPSA) is 204 Å². The molecule has 0 bridgehead atoms. The van der Waals surface area contributed by atoms with Crippen molar-refractivity contribution in [2.24, 2.45) is 11.7 Å². The summed E-state index contributed by atoms with van der Waals surface area (Å²) in [6.07, 6.45) is 4.07. The molecule has 0 saturated carbocycles. The minimum Gasteiger partial charge on any atom is -0.469 e. The molecule has 0 saturated heterocycles. The quantitative estimate of drug-likeness (QED) is 0.0634. The predicted octanol–water partition coefficient (Wildman–Crippen LogP) is 2.97. The SMILES string of the molecule is COC(=O)CCCCCNC(=O)[C@H](Cc1ccccc1)NC(=O)CNC(=O)[C@@H](CCSC)NC(=O)[C@@H](N)Cc1ccc(OC(=O)OCC(C)C)cc1C. The Balaban J connectivity index is 1.95. The highest BCUT2D eigenvalue weighted by Crippen LogP contribution is 2.19. The third kappa shape index (κ3) is 18.1. The van der Waals surface area contributed by atoms with E-state index in [9.17, 15) is 28.8 Å². The van der Waals surface area contributed by atoms with Crippen molar-refractivity contribution in [2.45, 2.75) is 83.8 Å². The van der Waals surface area contributed by atoms with Gasteiger partial charge in [-0.15, -0.1) is 0 Å². The Morgan fingerprint density at radius 2 is 1.57 bits per heavy atom. The summed E-state index contributed by atoms with van der Waals surface area (Å²) in [5.74, 6) is -1.31. The molecule has 0 aromatic heterocycles. The van der Waals surface area contributed by atoms with Gasteiger partial charge in [0, 0.05) is 19.4 Å². The molecule has 0 unspecified atom stereocenters. The molecule has 2 rings (SSSR count). The lowest BCUT2D eigenvalue weighted by Crippen LogP contribution is -2.54. The summed E-state index contributed by atoms with van der Waals surface area (Å²) < 4.78 is 14.9. The van der Waals surface area contributed by atoms with Gasteiger partial charge in [0.1, 0.15) is 17.8 Å². The molecule has 0 heterocycles. The third-order valence-electron chi connectivity index (χ3n) is 8.01.